The molecule has 1 rings (SSSR count). The molecule has 0 N–H and O–H groups in total. The van der Waals surface area contributed by atoms with E-state index in [1.165, 1.54) is 6.07 Å². The van der Waals surface area contributed by atoms with Gasteiger partial charge in [0.2, 0.25) is 0 Å². The van der Waals surface area contributed by atoms with Gasteiger partial charge in [-0.05, 0) is 47.2 Å². The normalized spacial score (nSPS) is 11.2. The van der Waals surface area contributed by atoms with Gasteiger partial charge in [0.15, 0.2) is 0 Å². The average Bonchev–Trinajstić information content (AvgIpc) is 2.10. The van der Waals surface area contributed by atoms with E-state index < -0.39 is 13.3 Å². The molecular formula is C10H8BF3I-. The van der Waals surface area contributed by atoms with Crippen LogP contribution < -0.4 is 0 Å². The molecular weight excluding hydrogens is 315 g/mol. The van der Waals surface area contributed by atoms with Gasteiger partial charge in [-0.3, -0.25) is 0 Å². The molecule has 0 atom stereocenters. The Morgan fingerprint density at radius 3 is 2.47 bits per heavy atom. The van der Waals surface area contributed by atoms with Crippen molar-refractivity contribution in [3.63, 3.8) is 0 Å². The molecule has 0 aromatic heterocycles. The molecule has 80 valence electrons. The molecule has 0 spiro atoms. The van der Waals surface area contributed by atoms with Crippen LogP contribution in [-0.4, -0.2) is 6.98 Å². The standard InChI is InChI=1S/C10H8BF3I/c1-3-8-4-9(6-11(12,13)14)7(2)10(15)5-8/h1,4-5H,6H2,2H3/q-1. The van der Waals surface area contributed by atoms with Crippen molar-refractivity contribution in [2.45, 2.75) is 13.2 Å². The van der Waals surface area contributed by atoms with E-state index >= 15 is 0 Å². The maximum Gasteiger partial charge on any atom is 0.482 e. The Hall–Kier alpha value is -0.635. The number of rotatable bonds is 2. The summed E-state index contributed by atoms with van der Waals surface area (Å²) in [6.45, 7) is -3.13. The van der Waals surface area contributed by atoms with Crippen molar-refractivity contribution in [2.24, 2.45) is 0 Å². The Morgan fingerprint density at radius 1 is 1.40 bits per heavy atom. The van der Waals surface area contributed by atoms with Crippen molar-refractivity contribution in [1.29, 1.82) is 0 Å². The van der Waals surface area contributed by atoms with E-state index in [1.54, 1.807) is 13.0 Å². The molecule has 0 unspecified atom stereocenters. The number of halogens is 4. The van der Waals surface area contributed by atoms with Gasteiger partial charge < -0.3 is 12.9 Å². The number of terminal acetylenes is 1. The zero-order valence-corrected chi connectivity index (χ0v) is 10.2. The molecule has 0 radical (unpaired) electrons. The van der Waals surface area contributed by atoms with Gasteiger partial charge in [0.1, 0.15) is 0 Å². The minimum absolute atomic E-state index is 0.280. The van der Waals surface area contributed by atoms with Crippen LogP contribution in [0.4, 0.5) is 12.9 Å². The van der Waals surface area contributed by atoms with Crippen molar-refractivity contribution >= 4 is 29.6 Å². The predicted molar refractivity (Wildman–Crippen MR) is 64.6 cm³/mol. The van der Waals surface area contributed by atoms with E-state index in [-0.39, 0.29) is 5.56 Å². The first kappa shape index (κ1) is 12.4. The Kier molecular flexibility index (Phi) is 3.71. The second-order valence-corrected chi connectivity index (χ2v) is 4.46. The van der Waals surface area contributed by atoms with E-state index in [4.69, 9.17) is 6.42 Å². The van der Waals surface area contributed by atoms with Gasteiger partial charge in [0.25, 0.3) is 0 Å². The largest absolute Gasteiger partial charge is 0.482 e. The van der Waals surface area contributed by atoms with E-state index in [0.717, 1.165) is 3.57 Å². The molecule has 0 bridgehead atoms. The minimum Gasteiger partial charge on any atom is -0.449 e. The second kappa shape index (κ2) is 4.48. The minimum atomic E-state index is -4.81. The molecule has 0 aliphatic rings. The van der Waals surface area contributed by atoms with Crippen molar-refractivity contribution in [2.75, 3.05) is 0 Å². The lowest BCUT2D eigenvalue weighted by Gasteiger charge is -2.16. The highest BCUT2D eigenvalue weighted by molar-refractivity contribution is 14.1. The van der Waals surface area contributed by atoms with Gasteiger partial charge in [0, 0.05) is 9.13 Å². The highest BCUT2D eigenvalue weighted by Gasteiger charge is 2.24. The molecule has 0 aliphatic carbocycles. The summed E-state index contributed by atoms with van der Waals surface area (Å²) >= 11 is 1.99. The monoisotopic (exact) mass is 323 g/mol. The second-order valence-electron chi connectivity index (χ2n) is 3.30. The fraction of sp³-hybridized carbons (Fsp3) is 0.200. The van der Waals surface area contributed by atoms with Crippen LogP contribution >= 0.6 is 22.6 Å². The molecule has 15 heavy (non-hydrogen) atoms. The summed E-state index contributed by atoms with van der Waals surface area (Å²) in [5.41, 5.74) is 1.44. The van der Waals surface area contributed by atoms with E-state index in [0.29, 0.717) is 11.1 Å². The Labute approximate surface area is 100 Å². The van der Waals surface area contributed by atoms with Crippen LogP contribution in [0.1, 0.15) is 16.7 Å². The first-order valence-electron chi connectivity index (χ1n) is 4.30. The van der Waals surface area contributed by atoms with Crippen molar-refractivity contribution < 1.29 is 12.9 Å². The number of hydrogen-bond acceptors (Lipinski definition) is 0. The van der Waals surface area contributed by atoms with Gasteiger partial charge >= 0.3 is 6.98 Å². The average molecular weight is 323 g/mol. The van der Waals surface area contributed by atoms with Gasteiger partial charge in [0.05, 0.1) is 0 Å². The highest BCUT2D eigenvalue weighted by Crippen LogP contribution is 2.23. The first-order valence-corrected chi connectivity index (χ1v) is 5.38. The van der Waals surface area contributed by atoms with E-state index in [2.05, 4.69) is 5.92 Å². The molecule has 0 saturated carbocycles. The molecule has 0 saturated heterocycles. The van der Waals surface area contributed by atoms with E-state index in [9.17, 15) is 12.9 Å². The van der Waals surface area contributed by atoms with Crippen LogP contribution in [0.25, 0.3) is 0 Å². The molecule has 1 aromatic rings. The lowest BCUT2D eigenvalue weighted by atomic mass is 9.80. The molecule has 0 amide bonds. The van der Waals surface area contributed by atoms with E-state index in [1.807, 2.05) is 22.6 Å². The third-order valence-corrected chi connectivity index (χ3v) is 3.19. The fourth-order valence-corrected chi connectivity index (χ4v) is 1.96. The first-order chi connectivity index (χ1) is 6.83. The lowest BCUT2D eigenvalue weighted by molar-refractivity contribution is 0.468. The molecule has 1 aromatic carbocycles. The Balaban J connectivity index is 3.18. The molecule has 0 nitrogen and oxygen atoms in total. The third-order valence-electron chi connectivity index (χ3n) is 2.07. The molecule has 5 heteroatoms. The summed E-state index contributed by atoms with van der Waals surface area (Å²) in [4.78, 5) is 0. The zero-order valence-electron chi connectivity index (χ0n) is 8.03. The third kappa shape index (κ3) is 3.45. The molecule has 0 heterocycles. The van der Waals surface area contributed by atoms with Gasteiger partial charge in [-0.15, -0.1) is 6.42 Å². The zero-order chi connectivity index (χ0) is 11.6. The summed E-state index contributed by atoms with van der Waals surface area (Å²) < 4.78 is 37.7. The summed E-state index contributed by atoms with van der Waals surface area (Å²) in [5, 5.41) is 0. The van der Waals surface area contributed by atoms with Crippen LogP contribution in [0, 0.1) is 22.8 Å². The summed E-state index contributed by atoms with van der Waals surface area (Å²) in [5.74, 6) is 2.36. The summed E-state index contributed by atoms with van der Waals surface area (Å²) in [6.07, 6.45) is 4.31. The van der Waals surface area contributed by atoms with Crippen molar-refractivity contribution in [3.05, 3.63) is 32.4 Å². The maximum atomic E-state index is 12.3. The predicted octanol–water partition coefficient (Wildman–Crippen LogP) is 3.51. The van der Waals surface area contributed by atoms with Crippen LogP contribution in [0.5, 0.6) is 0 Å². The highest BCUT2D eigenvalue weighted by atomic mass is 127. The van der Waals surface area contributed by atoms with Crippen LogP contribution in [0.2, 0.25) is 0 Å². The quantitative estimate of drug-likeness (QED) is 0.444. The molecule has 0 fully saturated rings. The Morgan fingerprint density at radius 2 is 2.00 bits per heavy atom. The topological polar surface area (TPSA) is 0 Å². The molecule has 0 aliphatic heterocycles. The SMILES string of the molecule is C#Cc1cc(I)c(C)c(C[B-](F)(F)F)c1. The smallest absolute Gasteiger partial charge is 0.449 e. The maximum absolute atomic E-state index is 12.3. The van der Waals surface area contributed by atoms with Crippen LogP contribution in [-0.2, 0) is 6.32 Å². The number of benzene rings is 1. The number of hydrogen-bond donors (Lipinski definition) is 0. The van der Waals surface area contributed by atoms with Gasteiger partial charge in [-0.25, -0.2) is 0 Å². The van der Waals surface area contributed by atoms with Gasteiger partial charge in [-0.2, -0.15) is 0 Å². The van der Waals surface area contributed by atoms with Crippen molar-refractivity contribution in [3.8, 4) is 12.3 Å². The summed E-state index contributed by atoms with van der Waals surface area (Å²) in [7, 11) is 0. The Bertz CT molecular complexity index is 418. The fourth-order valence-electron chi connectivity index (χ4n) is 1.28. The van der Waals surface area contributed by atoms with Crippen LogP contribution in [0.3, 0.4) is 0 Å². The van der Waals surface area contributed by atoms with Crippen LogP contribution in [0.15, 0.2) is 12.1 Å². The van der Waals surface area contributed by atoms with Crippen molar-refractivity contribution in [1.82, 2.24) is 0 Å². The summed E-state index contributed by atoms with van der Waals surface area (Å²) in [6, 6.07) is 3.15. The lowest BCUT2D eigenvalue weighted by Crippen LogP contribution is -2.20. The van der Waals surface area contributed by atoms with Gasteiger partial charge in [-0.1, -0.05) is 17.8 Å².